The van der Waals surface area contributed by atoms with Crippen LogP contribution in [0.3, 0.4) is 0 Å². The molecule has 5 heteroatoms. The summed E-state index contributed by atoms with van der Waals surface area (Å²) in [7, 11) is 0. The summed E-state index contributed by atoms with van der Waals surface area (Å²) < 4.78 is 38.8. The van der Waals surface area contributed by atoms with Crippen LogP contribution in [0.25, 0.3) is 10.1 Å². The van der Waals surface area contributed by atoms with Gasteiger partial charge in [0.2, 0.25) is 0 Å². The number of hydrogen-bond acceptors (Lipinski definition) is 2. The monoisotopic (exact) mass is 273 g/mol. The Morgan fingerprint density at radius 3 is 2.67 bits per heavy atom. The van der Waals surface area contributed by atoms with Gasteiger partial charge in [0.25, 0.3) is 0 Å². The van der Waals surface area contributed by atoms with Gasteiger partial charge in [0.05, 0.1) is 6.42 Å². The summed E-state index contributed by atoms with van der Waals surface area (Å²) in [5.74, 6) is 0. The number of rotatable bonds is 4. The first kappa shape index (κ1) is 13.4. The molecule has 1 unspecified atom stereocenters. The predicted octanol–water partition coefficient (Wildman–Crippen LogP) is 4.50. The Balaban J connectivity index is 2.35. The van der Waals surface area contributed by atoms with Crippen molar-refractivity contribution in [3.8, 4) is 0 Å². The van der Waals surface area contributed by atoms with Gasteiger partial charge in [-0.3, -0.25) is 0 Å². The second-order valence-corrected chi connectivity index (χ2v) is 5.03. The summed E-state index contributed by atoms with van der Waals surface area (Å²) in [5, 5.41) is 5.66. The maximum atomic E-state index is 12.6. The Kier molecular flexibility index (Phi) is 3.92. The van der Waals surface area contributed by atoms with E-state index in [2.05, 4.69) is 5.32 Å². The van der Waals surface area contributed by atoms with Crippen molar-refractivity contribution in [3.63, 3.8) is 0 Å². The lowest BCUT2D eigenvalue weighted by atomic mass is 10.0. The SMILES string of the molecule is CCNC(CC(F)(F)F)c1csc2ccccc12. The summed E-state index contributed by atoms with van der Waals surface area (Å²) in [5.41, 5.74) is 0.745. The number of nitrogens with one attached hydrogen (secondary N) is 1. The third kappa shape index (κ3) is 3.03. The minimum atomic E-state index is -4.16. The molecule has 0 radical (unpaired) electrons. The van der Waals surface area contributed by atoms with Crippen LogP contribution in [0, 0.1) is 0 Å². The molecule has 1 N–H and O–H groups in total. The summed E-state index contributed by atoms with van der Waals surface area (Å²) in [6.45, 7) is 2.34. The van der Waals surface area contributed by atoms with Crippen molar-refractivity contribution in [3.05, 3.63) is 35.2 Å². The maximum Gasteiger partial charge on any atom is 0.390 e. The Hall–Kier alpha value is -1.07. The average Bonchev–Trinajstić information content (AvgIpc) is 2.70. The molecule has 18 heavy (non-hydrogen) atoms. The van der Waals surface area contributed by atoms with Gasteiger partial charge in [-0.25, -0.2) is 0 Å². The molecule has 0 fully saturated rings. The quantitative estimate of drug-likeness (QED) is 0.864. The van der Waals surface area contributed by atoms with E-state index in [0.717, 1.165) is 15.6 Å². The number of alkyl halides is 3. The van der Waals surface area contributed by atoms with Crippen molar-refractivity contribution in [1.29, 1.82) is 0 Å². The summed E-state index contributed by atoms with van der Waals surface area (Å²) in [4.78, 5) is 0. The molecule has 2 aromatic rings. The standard InChI is InChI=1S/C13H14F3NS/c1-2-17-11(7-13(14,15)16)10-8-18-12-6-4-3-5-9(10)12/h3-6,8,11,17H,2,7H2,1H3. The highest BCUT2D eigenvalue weighted by Gasteiger charge is 2.33. The second kappa shape index (κ2) is 5.28. The van der Waals surface area contributed by atoms with Gasteiger partial charge in [-0.15, -0.1) is 11.3 Å². The molecule has 2 rings (SSSR count). The number of hydrogen-bond donors (Lipinski definition) is 1. The zero-order chi connectivity index (χ0) is 13.2. The lowest BCUT2D eigenvalue weighted by Crippen LogP contribution is -2.26. The van der Waals surface area contributed by atoms with E-state index in [9.17, 15) is 13.2 Å². The van der Waals surface area contributed by atoms with Crippen molar-refractivity contribution < 1.29 is 13.2 Å². The first-order valence-electron chi connectivity index (χ1n) is 5.77. The average molecular weight is 273 g/mol. The highest BCUT2D eigenvalue weighted by Crippen LogP contribution is 2.35. The molecule has 0 aliphatic heterocycles. The summed E-state index contributed by atoms with van der Waals surface area (Å²) in [6, 6.07) is 6.90. The highest BCUT2D eigenvalue weighted by molar-refractivity contribution is 7.17. The summed E-state index contributed by atoms with van der Waals surface area (Å²) >= 11 is 1.49. The molecule has 1 nitrogen and oxygen atoms in total. The lowest BCUT2D eigenvalue weighted by Gasteiger charge is -2.19. The van der Waals surface area contributed by atoms with E-state index in [1.54, 1.807) is 0 Å². The molecular formula is C13H14F3NS. The van der Waals surface area contributed by atoms with E-state index < -0.39 is 18.6 Å². The molecule has 1 aromatic carbocycles. The normalized spacial score (nSPS) is 14.0. The third-order valence-electron chi connectivity index (χ3n) is 2.77. The van der Waals surface area contributed by atoms with Gasteiger partial charge in [0.15, 0.2) is 0 Å². The van der Waals surface area contributed by atoms with Gasteiger partial charge >= 0.3 is 6.18 Å². The van der Waals surface area contributed by atoms with Crippen LogP contribution in [-0.4, -0.2) is 12.7 Å². The van der Waals surface area contributed by atoms with E-state index in [-0.39, 0.29) is 0 Å². The van der Waals surface area contributed by atoms with E-state index in [4.69, 9.17) is 0 Å². The predicted molar refractivity (Wildman–Crippen MR) is 68.9 cm³/mol. The van der Waals surface area contributed by atoms with Crippen LogP contribution in [0.4, 0.5) is 13.2 Å². The molecule has 0 aliphatic rings. The van der Waals surface area contributed by atoms with Crippen LogP contribution in [-0.2, 0) is 0 Å². The van der Waals surface area contributed by atoms with Gasteiger partial charge in [-0.05, 0) is 28.9 Å². The Morgan fingerprint density at radius 2 is 2.00 bits per heavy atom. The fourth-order valence-electron chi connectivity index (χ4n) is 2.04. The van der Waals surface area contributed by atoms with Gasteiger partial charge in [0, 0.05) is 10.7 Å². The molecule has 1 atom stereocenters. The fourth-order valence-corrected chi connectivity index (χ4v) is 3.05. The van der Waals surface area contributed by atoms with Crippen molar-refractivity contribution in [2.45, 2.75) is 25.6 Å². The molecule has 0 saturated heterocycles. The van der Waals surface area contributed by atoms with Crippen LogP contribution in [0.15, 0.2) is 29.6 Å². The van der Waals surface area contributed by atoms with Crippen LogP contribution in [0.2, 0.25) is 0 Å². The van der Waals surface area contributed by atoms with Crippen molar-refractivity contribution in [1.82, 2.24) is 5.32 Å². The molecule has 98 valence electrons. The molecule has 0 spiro atoms. The van der Waals surface area contributed by atoms with Crippen molar-refractivity contribution in [2.24, 2.45) is 0 Å². The smallest absolute Gasteiger partial charge is 0.310 e. The zero-order valence-corrected chi connectivity index (χ0v) is 10.7. The fraction of sp³-hybridized carbons (Fsp3) is 0.385. The molecule has 0 aliphatic carbocycles. The third-order valence-corrected chi connectivity index (χ3v) is 3.75. The number of benzene rings is 1. The van der Waals surface area contributed by atoms with Gasteiger partial charge in [0.1, 0.15) is 0 Å². The molecule has 0 bridgehead atoms. The number of thiophene rings is 1. The van der Waals surface area contributed by atoms with Crippen LogP contribution >= 0.6 is 11.3 Å². The topological polar surface area (TPSA) is 12.0 Å². The van der Waals surface area contributed by atoms with Gasteiger partial charge in [-0.2, -0.15) is 13.2 Å². The van der Waals surface area contributed by atoms with E-state index in [0.29, 0.717) is 6.54 Å². The Labute approximate surface area is 108 Å². The number of fused-ring (bicyclic) bond motifs is 1. The van der Waals surface area contributed by atoms with Crippen molar-refractivity contribution >= 4 is 21.4 Å². The zero-order valence-electron chi connectivity index (χ0n) is 9.92. The van der Waals surface area contributed by atoms with E-state index >= 15 is 0 Å². The second-order valence-electron chi connectivity index (χ2n) is 4.12. The largest absolute Gasteiger partial charge is 0.390 e. The minimum absolute atomic E-state index is 0.519. The maximum absolute atomic E-state index is 12.6. The molecule has 0 saturated carbocycles. The molecular weight excluding hydrogens is 259 g/mol. The van der Waals surface area contributed by atoms with E-state index in [1.165, 1.54) is 11.3 Å². The van der Waals surface area contributed by atoms with Crippen LogP contribution in [0.1, 0.15) is 24.9 Å². The van der Waals surface area contributed by atoms with Crippen LogP contribution in [0.5, 0.6) is 0 Å². The van der Waals surface area contributed by atoms with E-state index in [1.807, 2.05) is 36.6 Å². The molecule has 1 heterocycles. The molecule has 0 amide bonds. The highest BCUT2D eigenvalue weighted by atomic mass is 32.1. The van der Waals surface area contributed by atoms with Gasteiger partial charge in [-0.1, -0.05) is 25.1 Å². The first-order valence-corrected chi connectivity index (χ1v) is 6.65. The Morgan fingerprint density at radius 1 is 1.28 bits per heavy atom. The van der Waals surface area contributed by atoms with Crippen molar-refractivity contribution in [2.75, 3.05) is 6.54 Å². The minimum Gasteiger partial charge on any atom is -0.310 e. The lowest BCUT2D eigenvalue weighted by molar-refractivity contribution is -0.140. The summed E-state index contributed by atoms with van der Waals surface area (Å²) in [6.07, 6.45) is -4.99. The van der Waals surface area contributed by atoms with Crippen LogP contribution < -0.4 is 5.32 Å². The Bertz CT molecular complexity index is 518. The first-order chi connectivity index (χ1) is 8.51. The van der Waals surface area contributed by atoms with Gasteiger partial charge < -0.3 is 5.32 Å². The number of halogens is 3. The molecule has 1 aromatic heterocycles.